The molecule has 0 amide bonds. The third kappa shape index (κ3) is 2.53. The molecule has 17 heavy (non-hydrogen) atoms. The van der Waals surface area contributed by atoms with Crippen molar-refractivity contribution in [2.45, 2.75) is 6.54 Å². The van der Waals surface area contributed by atoms with Crippen LogP contribution < -0.4 is 0 Å². The van der Waals surface area contributed by atoms with Gasteiger partial charge in [0.2, 0.25) is 5.95 Å². The van der Waals surface area contributed by atoms with E-state index in [1.807, 2.05) is 0 Å². The van der Waals surface area contributed by atoms with E-state index in [1.165, 1.54) is 6.20 Å². The van der Waals surface area contributed by atoms with Crippen molar-refractivity contribution in [3.05, 3.63) is 52.5 Å². The molecule has 0 aliphatic heterocycles. The standard InChI is InChI=1S/C10H7FN6/c11-10-8(2-1-5-13-10)9-4-3-7(15-16-9)6-14-17-12/h1-5H,6H2. The zero-order chi connectivity index (χ0) is 12.1. The fraction of sp³-hybridized carbons (Fsp3) is 0.100. The van der Waals surface area contributed by atoms with Crippen LogP contribution in [0.15, 0.2) is 35.6 Å². The summed E-state index contributed by atoms with van der Waals surface area (Å²) in [6.07, 6.45) is 1.36. The lowest BCUT2D eigenvalue weighted by molar-refractivity contribution is 0.586. The highest BCUT2D eigenvalue weighted by Gasteiger charge is 2.06. The summed E-state index contributed by atoms with van der Waals surface area (Å²) in [6, 6.07) is 6.42. The first kappa shape index (κ1) is 11.0. The Hall–Kier alpha value is -2.53. The molecule has 2 aromatic heterocycles. The molecule has 0 bridgehead atoms. The zero-order valence-electron chi connectivity index (χ0n) is 8.66. The van der Waals surface area contributed by atoms with E-state index in [-0.39, 0.29) is 12.1 Å². The van der Waals surface area contributed by atoms with E-state index in [0.717, 1.165) is 0 Å². The van der Waals surface area contributed by atoms with Gasteiger partial charge in [-0.2, -0.15) is 14.6 Å². The molecular weight excluding hydrogens is 223 g/mol. The Kier molecular flexibility index (Phi) is 3.23. The average molecular weight is 230 g/mol. The van der Waals surface area contributed by atoms with Gasteiger partial charge in [-0.1, -0.05) is 5.11 Å². The minimum absolute atomic E-state index is 0.124. The largest absolute Gasteiger partial charge is 0.228 e. The second-order valence-electron chi connectivity index (χ2n) is 3.14. The first-order valence-corrected chi connectivity index (χ1v) is 4.75. The Balaban J connectivity index is 2.29. The molecule has 0 N–H and O–H groups in total. The summed E-state index contributed by atoms with van der Waals surface area (Å²) in [4.78, 5) is 6.14. The lowest BCUT2D eigenvalue weighted by atomic mass is 10.2. The van der Waals surface area contributed by atoms with Gasteiger partial charge in [-0.3, -0.25) is 0 Å². The molecule has 2 aromatic rings. The summed E-state index contributed by atoms with van der Waals surface area (Å²) >= 11 is 0. The molecule has 0 aromatic carbocycles. The van der Waals surface area contributed by atoms with Crippen LogP contribution >= 0.6 is 0 Å². The van der Waals surface area contributed by atoms with E-state index in [2.05, 4.69) is 25.2 Å². The topological polar surface area (TPSA) is 87.4 Å². The number of hydrogen-bond acceptors (Lipinski definition) is 4. The van der Waals surface area contributed by atoms with Gasteiger partial charge in [-0.25, -0.2) is 4.98 Å². The second kappa shape index (κ2) is 5.00. The summed E-state index contributed by atoms with van der Waals surface area (Å²) in [5.41, 5.74) is 9.35. The third-order valence-electron chi connectivity index (χ3n) is 2.05. The average Bonchev–Trinajstić information content (AvgIpc) is 2.38. The van der Waals surface area contributed by atoms with E-state index >= 15 is 0 Å². The summed E-state index contributed by atoms with van der Waals surface area (Å²) in [6.45, 7) is 0.124. The Morgan fingerprint density at radius 3 is 2.82 bits per heavy atom. The Morgan fingerprint density at radius 1 is 1.29 bits per heavy atom. The molecule has 7 heteroatoms. The predicted molar refractivity (Wildman–Crippen MR) is 58.1 cm³/mol. The van der Waals surface area contributed by atoms with Gasteiger partial charge in [-0.15, -0.1) is 0 Å². The van der Waals surface area contributed by atoms with E-state index in [0.29, 0.717) is 11.4 Å². The second-order valence-corrected chi connectivity index (χ2v) is 3.14. The third-order valence-corrected chi connectivity index (χ3v) is 2.05. The van der Waals surface area contributed by atoms with Crippen molar-refractivity contribution >= 4 is 0 Å². The number of pyridine rings is 1. The van der Waals surface area contributed by atoms with Crippen molar-refractivity contribution in [1.82, 2.24) is 15.2 Å². The van der Waals surface area contributed by atoms with Crippen LogP contribution in [-0.4, -0.2) is 15.2 Å². The maximum absolute atomic E-state index is 13.3. The normalized spacial score (nSPS) is 9.71. The maximum atomic E-state index is 13.3. The number of azide groups is 1. The molecule has 0 saturated heterocycles. The van der Waals surface area contributed by atoms with Crippen molar-refractivity contribution in [1.29, 1.82) is 0 Å². The fourth-order valence-electron chi connectivity index (χ4n) is 1.27. The number of halogens is 1. The summed E-state index contributed by atoms with van der Waals surface area (Å²) in [5, 5.41) is 11.0. The summed E-state index contributed by atoms with van der Waals surface area (Å²) in [7, 11) is 0. The minimum Gasteiger partial charge on any atom is -0.228 e. The first-order chi connectivity index (χ1) is 8.31. The maximum Gasteiger partial charge on any atom is 0.222 e. The van der Waals surface area contributed by atoms with Crippen molar-refractivity contribution in [2.24, 2.45) is 5.11 Å². The molecule has 6 nitrogen and oxygen atoms in total. The number of hydrogen-bond donors (Lipinski definition) is 0. The van der Waals surface area contributed by atoms with Crippen LogP contribution in [0.3, 0.4) is 0 Å². The van der Waals surface area contributed by atoms with Gasteiger partial charge in [0.1, 0.15) is 0 Å². The predicted octanol–water partition coefficient (Wildman–Crippen LogP) is 2.49. The van der Waals surface area contributed by atoms with Gasteiger partial charge < -0.3 is 0 Å². The zero-order valence-corrected chi connectivity index (χ0v) is 8.66. The fourth-order valence-corrected chi connectivity index (χ4v) is 1.27. The molecule has 0 aliphatic rings. The van der Waals surface area contributed by atoms with Gasteiger partial charge >= 0.3 is 0 Å². The van der Waals surface area contributed by atoms with Crippen LogP contribution in [0.4, 0.5) is 4.39 Å². The van der Waals surface area contributed by atoms with Gasteiger partial charge in [0.15, 0.2) is 0 Å². The number of rotatable bonds is 3. The molecule has 0 spiro atoms. The van der Waals surface area contributed by atoms with Crippen molar-refractivity contribution in [3.8, 4) is 11.3 Å². The summed E-state index contributed by atoms with van der Waals surface area (Å²) < 4.78 is 13.3. The van der Waals surface area contributed by atoms with Gasteiger partial charge in [0.05, 0.1) is 23.5 Å². The highest BCUT2D eigenvalue weighted by Crippen LogP contribution is 2.17. The smallest absolute Gasteiger partial charge is 0.222 e. The van der Waals surface area contributed by atoms with Gasteiger partial charge in [-0.05, 0) is 29.8 Å². The van der Waals surface area contributed by atoms with Crippen molar-refractivity contribution < 1.29 is 4.39 Å². The molecule has 0 radical (unpaired) electrons. The quantitative estimate of drug-likeness (QED) is 0.351. The Labute approximate surface area is 95.8 Å². The number of nitrogens with zero attached hydrogens (tertiary/aromatic N) is 6. The number of aromatic nitrogens is 3. The lowest BCUT2D eigenvalue weighted by Gasteiger charge is -2.01. The van der Waals surface area contributed by atoms with Crippen molar-refractivity contribution in [2.75, 3.05) is 0 Å². The van der Waals surface area contributed by atoms with Crippen LogP contribution in [0.1, 0.15) is 5.69 Å². The highest BCUT2D eigenvalue weighted by atomic mass is 19.1. The van der Waals surface area contributed by atoms with Gasteiger partial charge in [0, 0.05) is 11.1 Å². The molecule has 0 unspecified atom stereocenters. The van der Waals surface area contributed by atoms with Gasteiger partial charge in [0.25, 0.3) is 0 Å². The van der Waals surface area contributed by atoms with E-state index < -0.39 is 5.95 Å². The van der Waals surface area contributed by atoms with E-state index in [4.69, 9.17) is 5.53 Å². The SMILES string of the molecule is [N-]=[N+]=NCc1ccc(-c2cccnc2F)nn1. The van der Waals surface area contributed by atoms with Crippen molar-refractivity contribution in [3.63, 3.8) is 0 Å². The molecule has 0 fully saturated rings. The highest BCUT2D eigenvalue weighted by molar-refractivity contribution is 5.57. The van der Waals surface area contributed by atoms with Crippen LogP contribution in [0.5, 0.6) is 0 Å². The van der Waals surface area contributed by atoms with E-state index in [1.54, 1.807) is 24.3 Å². The molecule has 0 atom stereocenters. The van der Waals surface area contributed by atoms with Crippen LogP contribution in [-0.2, 0) is 6.54 Å². The van der Waals surface area contributed by atoms with Crippen LogP contribution in [0.25, 0.3) is 21.7 Å². The summed E-state index contributed by atoms with van der Waals surface area (Å²) in [5.74, 6) is -0.593. The Bertz CT molecular complexity index is 561. The molecule has 84 valence electrons. The monoisotopic (exact) mass is 230 g/mol. The van der Waals surface area contributed by atoms with Crippen LogP contribution in [0, 0.1) is 5.95 Å². The van der Waals surface area contributed by atoms with Crippen LogP contribution in [0.2, 0.25) is 0 Å². The lowest BCUT2D eigenvalue weighted by Crippen LogP contribution is -1.95. The molecular formula is C10H7FN6. The molecule has 0 aliphatic carbocycles. The molecule has 2 heterocycles. The first-order valence-electron chi connectivity index (χ1n) is 4.75. The molecule has 2 rings (SSSR count). The Morgan fingerprint density at radius 2 is 2.18 bits per heavy atom. The molecule has 0 saturated carbocycles. The van der Waals surface area contributed by atoms with E-state index in [9.17, 15) is 4.39 Å². The minimum atomic E-state index is -0.593.